The third kappa shape index (κ3) is 5.30. The van der Waals surface area contributed by atoms with Gasteiger partial charge in [0.2, 0.25) is 0 Å². The Kier molecular flexibility index (Phi) is 8.60. The van der Waals surface area contributed by atoms with Crippen molar-refractivity contribution in [3.63, 3.8) is 0 Å². The first kappa shape index (κ1) is 32.8. The van der Waals surface area contributed by atoms with Gasteiger partial charge < -0.3 is 0 Å². The van der Waals surface area contributed by atoms with Gasteiger partial charge in [0.25, 0.3) is 0 Å². The molecular formula is C42H47Cl2Zr. The minimum absolute atomic E-state index is 0.0423. The average molecular weight is 714 g/mol. The van der Waals surface area contributed by atoms with Gasteiger partial charge >= 0.3 is 282 Å². The van der Waals surface area contributed by atoms with Gasteiger partial charge in [0.1, 0.15) is 0 Å². The molecule has 0 saturated carbocycles. The number of hydrogen-bond acceptors (Lipinski definition) is 0. The summed E-state index contributed by atoms with van der Waals surface area (Å²) in [6, 6.07) is 27.1. The van der Waals surface area contributed by atoms with E-state index in [-0.39, 0.29) is 7.25 Å². The van der Waals surface area contributed by atoms with Crippen LogP contribution in [0.1, 0.15) is 86.4 Å². The van der Waals surface area contributed by atoms with Gasteiger partial charge in [0.05, 0.1) is 0 Å². The topological polar surface area (TPSA) is 0 Å². The molecule has 0 heterocycles. The van der Waals surface area contributed by atoms with Crippen molar-refractivity contribution in [3.05, 3.63) is 128 Å². The first-order chi connectivity index (χ1) is 21.3. The van der Waals surface area contributed by atoms with E-state index in [2.05, 4.69) is 147 Å². The maximum absolute atomic E-state index is 8.60. The number of hydrogen-bond donors (Lipinski definition) is 0. The second-order valence-electron chi connectivity index (χ2n) is 14.4. The first-order valence-corrected chi connectivity index (χ1v) is 27.6. The van der Waals surface area contributed by atoms with E-state index in [9.17, 15) is 0 Å². The van der Waals surface area contributed by atoms with Crippen LogP contribution in [0.15, 0.2) is 83.9 Å². The van der Waals surface area contributed by atoms with Crippen molar-refractivity contribution in [1.29, 1.82) is 0 Å². The predicted molar refractivity (Wildman–Crippen MR) is 196 cm³/mol. The van der Waals surface area contributed by atoms with Gasteiger partial charge in [0.15, 0.2) is 0 Å². The van der Waals surface area contributed by atoms with Crippen molar-refractivity contribution >= 4 is 29.2 Å². The number of benzene rings is 4. The standard InChI is InChI=1S/2C20H21.C2H5.2ClH.Zr/c2*1-13(2)17-11-19-15(4)7-10-18(20(19)12-17)16-8-5-14(3)6-9-16;1-2;;;/h2*5-13H,1-4H3;1H2,2H3;2*1H;/q;;;;;+2/p-2. The molecule has 4 aromatic carbocycles. The van der Waals surface area contributed by atoms with Crippen LogP contribution in [0, 0.1) is 39.5 Å². The summed E-state index contributed by atoms with van der Waals surface area (Å²) < 4.78 is 0.899. The molecule has 0 aliphatic heterocycles. The molecule has 233 valence electrons. The zero-order chi connectivity index (χ0) is 32.4. The monoisotopic (exact) mass is 711 g/mol. The Bertz CT molecular complexity index is 1720. The molecule has 0 aromatic heterocycles. The molecule has 0 bridgehead atoms. The van der Waals surface area contributed by atoms with Crippen LogP contribution < -0.4 is 0 Å². The molecule has 6 rings (SSSR count). The van der Waals surface area contributed by atoms with E-state index in [0.29, 0.717) is 11.8 Å². The fraction of sp³-hybridized carbons (Fsp3) is 0.333. The summed E-state index contributed by atoms with van der Waals surface area (Å²) in [5.41, 5.74) is 18.4. The van der Waals surface area contributed by atoms with E-state index >= 15 is 0 Å². The van der Waals surface area contributed by atoms with Crippen molar-refractivity contribution < 1.29 is 16.4 Å². The summed E-state index contributed by atoms with van der Waals surface area (Å²) in [4.78, 5) is 0. The summed E-state index contributed by atoms with van der Waals surface area (Å²) in [5, 5.41) is 0. The Hall–Kier alpha value is -2.18. The number of rotatable bonds is 7. The molecule has 0 nitrogen and oxygen atoms in total. The summed E-state index contributed by atoms with van der Waals surface area (Å²) in [6.45, 7) is 20.4. The first-order valence-electron chi connectivity index (χ1n) is 16.7. The van der Waals surface area contributed by atoms with E-state index in [0.717, 1.165) is 4.13 Å². The normalized spacial score (nSPS) is 18.5. The summed E-state index contributed by atoms with van der Waals surface area (Å²) in [6.07, 6.45) is 4.95. The molecule has 2 atom stereocenters. The minimum atomic E-state index is -4.93. The zero-order valence-corrected chi connectivity index (χ0v) is 32.3. The Balaban J connectivity index is 1.63. The van der Waals surface area contributed by atoms with Crippen LogP contribution in [0.5, 0.6) is 0 Å². The maximum atomic E-state index is 8.60. The van der Waals surface area contributed by atoms with Crippen LogP contribution in [0.25, 0.3) is 34.4 Å². The fourth-order valence-corrected chi connectivity index (χ4v) is 26.8. The summed E-state index contributed by atoms with van der Waals surface area (Å²) in [5.74, 6) is 0.661. The van der Waals surface area contributed by atoms with Gasteiger partial charge in [-0.15, -0.1) is 0 Å². The van der Waals surface area contributed by atoms with Crippen molar-refractivity contribution in [2.45, 2.75) is 73.7 Å². The van der Waals surface area contributed by atoms with Crippen LogP contribution in [-0.4, -0.2) is 0 Å². The third-order valence-corrected chi connectivity index (χ3v) is 31.3. The summed E-state index contributed by atoms with van der Waals surface area (Å²) in [7, 11) is 17.2. The van der Waals surface area contributed by atoms with Crippen molar-refractivity contribution in [3.8, 4) is 22.3 Å². The second kappa shape index (κ2) is 11.8. The average Bonchev–Trinajstić information content (AvgIpc) is 3.63. The predicted octanol–water partition coefficient (Wildman–Crippen LogP) is 13.6. The van der Waals surface area contributed by atoms with Crippen molar-refractivity contribution in [1.82, 2.24) is 0 Å². The fourth-order valence-electron chi connectivity index (χ4n) is 8.22. The molecule has 0 spiro atoms. The van der Waals surface area contributed by atoms with E-state index in [1.165, 1.54) is 77.9 Å². The van der Waals surface area contributed by atoms with Gasteiger partial charge in [-0.25, -0.2) is 0 Å². The molecule has 0 saturated heterocycles. The Morgan fingerprint density at radius 3 is 1.22 bits per heavy atom. The van der Waals surface area contributed by atoms with Gasteiger partial charge in [0, 0.05) is 0 Å². The van der Waals surface area contributed by atoms with Gasteiger partial charge in [-0.05, 0) is 0 Å². The Labute approximate surface area is 279 Å². The third-order valence-electron chi connectivity index (χ3n) is 10.8. The molecule has 0 amide bonds. The molecule has 0 N–H and O–H groups in total. The van der Waals surface area contributed by atoms with Crippen molar-refractivity contribution in [2.75, 3.05) is 0 Å². The quantitative estimate of drug-likeness (QED) is 0.179. The molecule has 3 heteroatoms. The number of fused-ring (bicyclic) bond motifs is 2. The van der Waals surface area contributed by atoms with Gasteiger partial charge in [-0.2, -0.15) is 0 Å². The molecule has 2 unspecified atom stereocenters. The van der Waals surface area contributed by atoms with Gasteiger partial charge in [-0.3, -0.25) is 0 Å². The van der Waals surface area contributed by atoms with Crippen molar-refractivity contribution in [2.24, 2.45) is 11.8 Å². The van der Waals surface area contributed by atoms with Crippen LogP contribution in [0.3, 0.4) is 0 Å². The van der Waals surface area contributed by atoms with E-state index in [1.54, 1.807) is 0 Å². The SMILES string of the molecule is C[CH2][Zr]([Cl])([Cl])([CH]1C(C(C)C)=Cc2c(-c3ccc(C)cc3)ccc(C)c21)[CH]1C(C(C)C)=Cc2c(-c3ccc(C)cc3)ccc(C)c21. The van der Waals surface area contributed by atoms with Gasteiger partial charge in [-0.1, -0.05) is 0 Å². The van der Waals surface area contributed by atoms with E-state index in [4.69, 9.17) is 17.0 Å². The summed E-state index contributed by atoms with van der Waals surface area (Å²) >= 11 is -4.93. The molecule has 45 heavy (non-hydrogen) atoms. The van der Waals surface area contributed by atoms with Crippen LogP contribution in [0.4, 0.5) is 0 Å². The van der Waals surface area contributed by atoms with Crippen LogP contribution >= 0.6 is 17.0 Å². The molecule has 0 fully saturated rings. The Morgan fingerprint density at radius 1 is 0.556 bits per heavy atom. The molecule has 2 aliphatic carbocycles. The molecule has 0 radical (unpaired) electrons. The number of allylic oxidation sites excluding steroid dienone is 2. The van der Waals surface area contributed by atoms with E-state index in [1.807, 2.05) is 0 Å². The van der Waals surface area contributed by atoms with Crippen LogP contribution in [-0.2, 0) is 16.4 Å². The van der Waals surface area contributed by atoms with Crippen LogP contribution in [0.2, 0.25) is 4.13 Å². The number of aryl methyl sites for hydroxylation is 4. The van der Waals surface area contributed by atoms with E-state index < -0.39 is 16.4 Å². The Morgan fingerprint density at radius 2 is 0.911 bits per heavy atom. The molecule has 4 aromatic rings. The zero-order valence-electron chi connectivity index (χ0n) is 28.4. The number of halogens is 2. The molecule has 2 aliphatic rings. The second-order valence-corrected chi connectivity index (χ2v) is 37.3. The molecular weight excluding hydrogens is 667 g/mol.